The van der Waals surface area contributed by atoms with Gasteiger partial charge in [-0.2, -0.15) is 83.4 Å². The molecular weight excluding hydrogens is 521 g/mol. The molecule has 0 saturated heterocycles. The van der Waals surface area contributed by atoms with Crippen molar-refractivity contribution in [2.45, 2.75) is 53.6 Å². The van der Waals surface area contributed by atoms with Crippen LogP contribution in [0.4, 0.5) is 83.4 Å². The fourth-order valence-corrected chi connectivity index (χ4v) is 1.50. The highest BCUT2D eigenvalue weighted by molar-refractivity contribution is 5.77. The summed E-state index contributed by atoms with van der Waals surface area (Å²) in [4.78, 5) is 9.80. The quantitative estimate of drug-likeness (QED) is 0.328. The van der Waals surface area contributed by atoms with Gasteiger partial charge in [-0.1, -0.05) is 0 Å². The van der Waals surface area contributed by atoms with Crippen LogP contribution < -0.4 is 0 Å². The van der Waals surface area contributed by atoms with Gasteiger partial charge < -0.3 is 5.11 Å². The van der Waals surface area contributed by atoms with Gasteiger partial charge in [-0.25, -0.2) is 4.79 Å². The number of rotatable bonds is 8. The maximum atomic E-state index is 13.1. The molecule has 0 bridgehead atoms. The van der Waals surface area contributed by atoms with E-state index in [1.54, 1.807) is 0 Å². The first-order chi connectivity index (χ1) is 12.9. The molecule has 0 aromatic rings. The monoisotopic (exact) mass is 522 g/mol. The van der Waals surface area contributed by atoms with E-state index in [0.29, 0.717) is 0 Å². The molecule has 0 aromatic carbocycles. The minimum atomic E-state index is -9.06. The van der Waals surface area contributed by atoms with Crippen LogP contribution in [0.2, 0.25) is 0 Å². The lowest BCUT2D eigenvalue weighted by Gasteiger charge is -2.43. The van der Waals surface area contributed by atoms with Gasteiger partial charge in [-0.3, -0.25) is 0 Å². The summed E-state index contributed by atoms with van der Waals surface area (Å²) in [5.74, 6) is -73.3. The Morgan fingerprint density at radius 3 is 0.774 bits per heavy atom. The second-order valence-electron chi connectivity index (χ2n) is 5.40. The maximum Gasteiger partial charge on any atom is 0.460 e. The lowest BCUT2D eigenvalue weighted by Crippen LogP contribution is -2.76. The van der Waals surface area contributed by atoms with E-state index in [0.717, 1.165) is 0 Å². The molecule has 0 amide bonds. The predicted molar refractivity (Wildman–Crippen MR) is 53.3 cm³/mol. The molecule has 0 spiro atoms. The smallest absolute Gasteiger partial charge is 0.460 e. The Labute approximate surface area is 154 Å². The van der Waals surface area contributed by atoms with Crippen LogP contribution in [-0.4, -0.2) is 64.6 Å². The highest BCUT2D eigenvalue weighted by Gasteiger charge is 2.97. The molecule has 0 atom stereocenters. The van der Waals surface area contributed by atoms with E-state index in [2.05, 4.69) is 0 Å². The molecule has 0 fully saturated rings. The van der Waals surface area contributed by atoms with Crippen molar-refractivity contribution in [2.75, 3.05) is 0 Å². The number of carbonyl (C=O) groups is 1. The Bertz CT molecular complexity index is 701. The van der Waals surface area contributed by atoms with Gasteiger partial charge in [0.05, 0.1) is 0 Å². The Morgan fingerprint density at radius 1 is 0.387 bits per heavy atom. The summed E-state index contributed by atoms with van der Waals surface area (Å²) in [6.45, 7) is 0. The minimum Gasteiger partial charge on any atom is -0.477 e. The first kappa shape index (κ1) is 29.1. The normalized spacial score (nSPS) is 16.5. The van der Waals surface area contributed by atoms with Crippen LogP contribution in [0.5, 0.6) is 0 Å². The molecule has 1 N–H and O–H groups in total. The lowest BCUT2D eigenvalue weighted by molar-refractivity contribution is -0.467. The van der Waals surface area contributed by atoms with Crippen LogP contribution in [0, 0.1) is 0 Å². The number of hydrogen-bond donors (Lipinski definition) is 1. The van der Waals surface area contributed by atoms with Crippen molar-refractivity contribution in [1.29, 1.82) is 0 Å². The van der Waals surface area contributed by atoms with Crippen molar-refractivity contribution in [3.05, 3.63) is 0 Å². The zero-order valence-electron chi connectivity index (χ0n) is 13.0. The third-order valence-electron chi connectivity index (χ3n) is 3.38. The van der Waals surface area contributed by atoms with Gasteiger partial charge in [0.25, 0.3) is 0 Å². The molecule has 186 valence electrons. The third kappa shape index (κ3) is 3.32. The second-order valence-corrected chi connectivity index (χ2v) is 5.40. The van der Waals surface area contributed by atoms with Crippen molar-refractivity contribution in [1.82, 2.24) is 0 Å². The van der Waals surface area contributed by atoms with Gasteiger partial charge in [0.2, 0.25) is 0 Å². The van der Waals surface area contributed by atoms with Crippen LogP contribution in [0.1, 0.15) is 0 Å². The number of halogens is 19. The average Bonchev–Trinajstić information content (AvgIpc) is 2.52. The molecule has 31 heavy (non-hydrogen) atoms. The molecule has 2 nitrogen and oxygen atoms in total. The van der Waals surface area contributed by atoms with Crippen molar-refractivity contribution in [2.24, 2.45) is 0 Å². The fraction of sp³-hybridized carbons (Fsp3) is 0.900. The number of aliphatic carboxylic acids is 1. The number of alkyl halides is 19. The third-order valence-corrected chi connectivity index (χ3v) is 3.38. The molecule has 0 heterocycles. The first-order valence-corrected chi connectivity index (χ1v) is 6.27. The van der Waals surface area contributed by atoms with Crippen LogP contribution in [0.15, 0.2) is 0 Å². The number of hydrogen-bond acceptors (Lipinski definition) is 1. The number of carboxylic acids is 1. The van der Waals surface area contributed by atoms with E-state index in [1.807, 2.05) is 0 Å². The van der Waals surface area contributed by atoms with Gasteiger partial charge in [-0.05, 0) is 0 Å². The topological polar surface area (TPSA) is 37.3 Å². The fourth-order valence-electron chi connectivity index (χ4n) is 1.50. The van der Waals surface area contributed by atoms with Gasteiger partial charge in [0, 0.05) is 0 Å². The molecule has 0 rings (SSSR count). The molecule has 0 aliphatic heterocycles. The Morgan fingerprint density at radius 2 is 0.581 bits per heavy atom. The molecule has 0 unspecified atom stereocenters. The molecule has 0 aliphatic carbocycles. The van der Waals surface area contributed by atoms with Crippen LogP contribution in [0.25, 0.3) is 0 Å². The van der Waals surface area contributed by atoms with Crippen LogP contribution >= 0.6 is 0 Å². The van der Waals surface area contributed by atoms with E-state index < -0.39 is 59.5 Å². The van der Waals surface area contributed by atoms with E-state index in [1.165, 1.54) is 0 Å². The van der Waals surface area contributed by atoms with Crippen molar-refractivity contribution in [3.8, 4) is 0 Å². The van der Waals surface area contributed by atoms with Crippen molar-refractivity contribution < 1.29 is 93.3 Å². The minimum absolute atomic E-state index is 4.48. The van der Waals surface area contributed by atoms with Gasteiger partial charge >= 0.3 is 59.5 Å². The Hall–Kier alpha value is -1.86. The summed E-state index contributed by atoms with van der Waals surface area (Å²) in [6, 6.07) is 0. The molecule has 0 radical (unpaired) electrons. The van der Waals surface area contributed by atoms with Gasteiger partial charge in [-0.15, -0.1) is 0 Å². The highest BCUT2D eigenvalue weighted by Crippen LogP contribution is 2.65. The Kier molecular flexibility index (Phi) is 6.41. The molecular formula is C10HF19O2. The van der Waals surface area contributed by atoms with E-state index >= 15 is 0 Å². The summed E-state index contributed by atoms with van der Waals surface area (Å²) >= 11 is 0. The molecule has 0 aromatic heterocycles. The van der Waals surface area contributed by atoms with Gasteiger partial charge in [0.1, 0.15) is 0 Å². The van der Waals surface area contributed by atoms with Gasteiger partial charge in [0.15, 0.2) is 0 Å². The van der Waals surface area contributed by atoms with Crippen LogP contribution in [0.3, 0.4) is 0 Å². The molecule has 21 heteroatoms. The summed E-state index contributed by atoms with van der Waals surface area (Å²) in [5.41, 5.74) is 0. The highest BCUT2D eigenvalue weighted by atomic mass is 19.5. The SMILES string of the molecule is O=[13C](O)[13C](F)(F)[13C](F)(F)[13C](F)(F)[13C](F)(F)[13C](F)(F)[13C](F)(F)[13C](F)(F)C(F)(F)C(F)(F)F. The number of carboxylic acid groups (broad SMARTS) is 1. The first-order valence-electron chi connectivity index (χ1n) is 6.27. The van der Waals surface area contributed by atoms with Crippen molar-refractivity contribution >= 4 is 5.97 Å². The largest absolute Gasteiger partial charge is 0.477 e. The molecule has 0 aliphatic rings. The molecule has 0 saturated carbocycles. The average molecular weight is 522 g/mol. The lowest BCUT2D eigenvalue weighted by atomic mass is 10.4. The van der Waals surface area contributed by atoms with E-state index in [4.69, 9.17) is 5.11 Å². The maximum absolute atomic E-state index is 13.1. The Balaban J connectivity index is 6.95. The van der Waals surface area contributed by atoms with Crippen LogP contribution in [-0.2, 0) is 4.79 Å². The summed E-state index contributed by atoms with van der Waals surface area (Å²) < 4.78 is 242. The summed E-state index contributed by atoms with van der Waals surface area (Å²) in [7, 11) is 0. The summed E-state index contributed by atoms with van der Waals surface area (Å²) in [6.07, 6.45) is -7.95. The summed E-state index contributed by atoms with van der Waals surface area (Å²) in [5, 5.41) is 7.61. The predicted octanol–water partition coefficient (Wildman–Crippen LogP) is 5.72. The standard InChI is InChI=1S/C10HF19O2/c11-2(12,1(30)31)3(13,14)4(15,16)5(17,18)6(19,20)7(21,22)8(23,24)9(25,26)10(27,28)29/h(H,30,31)/i1+1,2+1,3+1,4+1,5+1,6+1,7+1,8+1. The van der Waals surface area contributed by atoms with Crippen molar-refractivity contribution in [3.63, 3.8) is 0 Å². The van der Waals surface area contributed by atoms with E-state index in [9.17, 15) is 88.2 Å². The zero-order valence-corrected chi connectivity index (χ0v) is 13.0. The zero-order chi connectivity index (χ0) is 26.1. The van der Waals surface area contributed by atoms with E-state index in [-0.39, 0.29) is 0 Å². The second kappa shape index (κ2) is 6.82.